The molecule has 0 aromatic heterocycles. The van der Waals surface area contributed by atoms with E-state index >= 15 is 0 Å². The number of aliphatic imine (C=N–C) groups is 2. The highest BCUT2D eigenvalue weighted by molar-refractivity contribution is 8.30. The molecule has 2 N–H and O–H groups in total. The van der Waals surface area contributed by atoms with Gasteiger partial charge in [0.2, 0.25) is 10.3 Å². The first kappa shape index (κ1) is 23.2. The number of likely N-dealkylation sites (N-methyl/N-ethyl adjacent to an activating group) is 2. The maximum Gasteiger partial charge on any atom is 0.518 e. The van der Waals surface area contributed by atoms with Crippen molar-refractivity contribution in [2.75, 3.05) is 68.5 Å². The summed E-state index contributed by atoms with van der Waals surface area (Å²) in [6.07, 6.45) is 0. The minimum Gasteiger partial charge on any atom is -0.329 e. The van der Waals surface area contributed by atoms with Crippen LogP contribution in [0.5, 0.6) is 0 Å². The summed E-state index contributed by atoms with van der Waals surface area (Å²) in [5.74, 6) is 0. The predicted octanol–water partition coefficient (Wildman–Crippen LogP) is 0.821. The Balaban J connectivity index is 0.00000280. The number of thioether (sulfide) groups is 2. The molecule has 0 aromatic carbocycles. The van der Waals surface area contributed by atoms with E-state index in [2.05, 4.69) is 76.4 Å². The summed E-state index contributed by atoms with van der Waals surface area (Å²) < 4.78 is 5.97. The van der Waals surface area contributed by atoms with Crippen molar-refractivity contribution in [3.63, 3.8) is 0 Å². The average molecular weight is 431 g/mol. The fourth-order valence-corrected chi connectivity index (χ4v) is 5.71. The van der Waals surface area contributed by atoms with Crippen LogP contribution in [0.2, 0.25) is 0 Å². The highest BCUT2D eigenvalue weighted by Gasteiger charge is 2.74. The Bertz CT molecular complexity index is 689. The third kappa shape index (κ3) is 4.72. The van der Waals surface area contributed by atoms with Crippen molar-refractivity contribution < 1.29 is 18.3 Å². The molecular weight excluding hydrogens is 392 g/mol. The minimum atomic E-state index is -0.307. The van der Waals surface area contributed by atoms with Crippen LogP contribution in [-0.2, 0) is 0 Å². The molecular formula is C18H38N8S2+4. The number of hydrogen-bond donors (Lipinski definition) is 2. The van der Waals surface area contributed by atoms with E-state index < -0.39 is 0 Å². The van der Waals surface area contributed by atoms with Crippen molar-refractivity contribution in [3.05, 3.63) is 0 Å². The predicted molar refractivity (Wildman–Crippen MR) is 123 cm³/mol. The lowest BCUT2D eigenvalue weighted by Gasteiger charge is -2.22. The van der Waals surface area contributed by atoms with Gasteiger partial charge in [0.15, 0.2) is 0 Å². The summed E-state index contributed by atoms with van der Waals surface area (Å²) in [7, 11) is 13.2. The van der Waals surface area contributed by atoms with E-state index in [0.29, 0.717) is 0 Å². The Morgan fingerprint density at radius 2 is 1.14 bits per heavy atom. The van der Waals surface area contributed by atoms with Crippen LogP contribution in [0.25, 0.3) is 0 Å². The van der Waals surface area contributed by atoms with Crippen LogP contribution in [0.3, 0.4) is 0 Å². The molecule has 0 aliphatic carbocycles. The van der Waals surface area contributed by atoms with E-state index in [1.54, 1.807) is 23.5 Å². The molecule has 0 atom stereocenters. The molecule has 1 spiro atoms. The van der Waals surface area contributed by atoms with E-state index in [-0.39, 0.29) is 11.8 Å². The van der Waals surface area contributed by atoms with Gasteiger partial charge in [0.25, 0.3) is 11.4 Å². The van der Waals surface area contributed by atoms with Gasteiger partial charge >= 0.3 is 4.33 Å². The first-order valence-electron chi connectivity index (χ1n) is 9.30. The standard InChI is InChI=1S/C17H33N8S2.CH4/c1-13-14(2)23-17(27-16(21-23)19-10-12-25(6,7)8)22(13)20-15(26-17)18-9-11-24(3,4)5;/h9-12H2,1-8H3,(H,18,20);1H4/q+3;/p+1. The van der Waals surface area contributed by atoms with Gasteiger partial charge in [-0.1, -0.05) is 7.43 Å². The molecule has 2 fully saturated rings. The molecule has 2 saturated heterocycles. The van der Waals surface area contributed by atoms with Crippen molar-refractivity contribution in [1.82, 2.24) is 10.9 Å². The maximum atomic E-state index is 4.80. The number of hydrazone groups is 2. The van der Waals surface area contributed by atoms with Crippen LogP contribution in [0.4, 0.5) is 0 Å². The van der Waals surface area contributed by atoms with Crippen LogP contribution < -0.4 is 10.9 Å². The van der Waals surface area contributed by atoms with Crippen LogP contribution in [0.15, 0.2) is 9.98 Å². The summed E-state index contributed by atoms with van der Waals surface area (Å²) >= 11 is 3.52. The Kier molecular flexibility index (Phi) is 6.59. The monoisotopic (exact) mass is 430 g/mol. The van der Waals surface area contributed by atoms with Gasteiger partial charge in [-0.2, -0.15) is 0 Å². The lowest BCUT2D eigenvalue weighted by atomic mass is 10.3. The van der Waals surface area contributed by atoms with Gasteiger partial charge in [-0.05, 0) is 9.37 Å². The van der Waals surface area contributed by atoms with E-state index in [1.807, 2.05) is 0 Å². The van der Waals surface area contributed by atoms with Crippen LogP contribution in [0, 0.1) is 0 Å². The molecule has 0 bridgehead atoms. The summed E-state index contributed by atoms with van der Waals surface area (Å²) in [6.45, 7) is 7.95. The SMILES string of the molecule is C.CC1=[N+]2NC(=NCC[N+](C)(C)C)SC23SC(=NCC[N+](C)(C)C)N[N+]3=C1C. The summed E-state index contributed by atoms with van der Waals surface area (Å²) in [6, 6.07) is 0. The molecule has 3 heterocycles. The smallest absolute Gasteiger partial charge is 0.329 e. The number of quaternary nitrogens is 2. The highest BCUT2D eigenvalue weighted by atomic mass is 32.2. The molecule has 0 radical (unpaired) electrons. The first-order valence-corrected chi connectivity index (χ1v) is 10.9. The van der Waals surface area contributed by atoms with Crippen molar-refractivity contribution in [2.24, 2.45) is 9.98 Å². The summed E-state index contributed by atoms with van der Waals surface area (Å²) in [4.78, 5) is 9.61. The summed E-state index contributed by atoms with van der Waals surface area (Å²) in [5, 5.41) is 1.95. The van der Waals surface area contributed by atoms with E-state index in [9.17, 15) is 0 Å². The average Bonchev–Trinajstić information content (AvgIpc) is 3.09. The van der Waals surface area contributed by atoms with Crippen molar-refractivity contribution in [1.29, 1.82) is 0 Å². The molecule has 3 aliphatic rings. The molecule has 3 rings (SSSR count). The first-order chi connectivity index (χ1) is 12.4. The van der Waals surface area contributed by atoms with Crippen molar-refractivity contribution in [3.8, 4) is 0 Å². The zero-order chi connectivity index (χ0) is 20.0. The van der Waals surface area contributed by atoms with Crippen molar-refractivity contribution in [2.45, 2.75) is 25.6 Å². The second kappa shape index (κ2) is 7.97. The van der Waals surface area contributed by atoms with E-state index in [1.165, 1.54) is 11.4 Å². The minimum absolute atomic E-state index is 0. The van der Waals surface area contributed by atoms with Gasteiger partial charge in [0.05, 0.1) is 92.0 Å². The van der Waals surface area contributed by atoms with Gasteiger partial charge in [-0.25, -0.2) is 0 Å². The second-order valence-corrected chi connectivity index (χ2v) is 11.8. The normalized spacial score (nSPS) is 27.1. The van der Waals surface area contributed by atoms with Crippen molar-refractivity contribution >= 4 is 45.3 Å². The molecule has 0 saturated carbocycles. The molecule has 158 valence electrons. The molecule has 3 aliphatic heterocycles. The number of amidine groups is 2. The third-order valence-corrected chi connectivity index (χ3v) is 7.28. The van der Waals surface area contributed by atoms with E-state index in [0.717, 1.165) is 45.5 Å². The Morgan fingerprint density at radius 1 is 0.786 bits per heavy atom. The number of rotatable bonds is 6. The zero-order valence-electron chi connectivity index (χ0n) is 17.8. The Morgan fingerprint density at radius 3 is 1.46 bits per heavy atom. The van der Waals surface area contributed by atoms with Crippen LogP contribution >= 0.6 is 23.5 Å². The summed E-state index contributed by atoms with van der Waals surface area (Å²) in [5.41, 5.74) is 9.43. The molecule has 28 heavy (non-hydrogen) atoms. The Labute approximate surface area is 178 Å². The maximum absolute atomic E-state index is 4.80. The molecule has 0 aromatic rings. The van der Waals surface area contributed by atoms with Gasteiger partial charge in [0, 0.05) is 13.8 Å². The number of nitrogens with zero attached hydrogens (tertiary/aromatic N) is 6. The highest BCUT2D eigenvalue weighted by Crippen LogP contribution is 2.48. The largest absolute Gasteiger partial charge is 0.518 e. The van der Waals surface area contributed by atoms with Crippen LogP contribution in [-0.4, -0.2) is 113 Å². The lowest BCUT2D eigenvalue weighted by Crippen LogP contribution is -2.42. The molecule has 8 nitrogen and oxygen atoms in total. The zero-order valence-corrected chi connectivity index (χ0v) is 19.5. The topological polar surface area (TPSA) is 54.8 Å². The molecule has 0 unspecified atom stereocenters. The van der Waals surface area contributed by atoms with Gasteiger partial charge < -0.3 is 8.97 Å². The number of nitrogens with one attached hydrogen (secondary N) is 2. The quantitative estimate of drug-likeness (QED) is 0.484. The third-order valence-electron chi connectivity index (χ3n) is 4.69. The van der Waals surface area contributed by atoms with Gasteiger partial charge in [0.1, 0.15) is 0 Å². The van der Waals surface area contributed by atoms with E-state index in [4.69, 9.17) is 9.98 Å². The molecule has 10 heteroatoms. The lowest BCUT2D eigenvalue weighted by molar-refractivity contribution is -0.868. The Hall–Kier alpha value is -1.10. The fourth-order valence-electron chi connectivity index (χ4n) is 2.89. The van der Waals surface area contributed by atoms with Gasteiger partial charge in [-0.15, -0.1) is 10.9 Å². The van der Waals surface area contributed by atoms with Crippen LogP contribution in [0.1, 0.15) is 21.3 Å². The number of hydrazine groups is 2. The molecule has 0 amide bonds. The number of hydrogen-bond acceptors (Lipinski definition) is 4. The van der Waals surface area contributed by atoms with Gasteiger partial charge in [-0.3, -0.25) is 9.98 Å². The second-order valence-electron chi connectivity index (χ2n) is 9.22. The fraction of sp³-hybridized carbons (Fsp3) is 0.778.